The van der Waals surface area contributed by atoms with Crippen LogP contribution in [0.2, 0.25) is 10.0 Å². The number of hydrogen-bond acceptors (Lipinski definition) is 3. The highest BCUT2D eigenvalue weighted by atomic mass is 35.5. The van der Waals surface area contributed by atoms with Crippen LogP contribution in [0.3, 0.4) is 0 Å². The van der Waals surface area contributed by atoms with Gasteiger partial charge in [-0.3, -0.25) is 9.59 Å². The lowest BCUT2D eigenvalue weighted by Gasteiger charge is -2.21. The van der Waals surface area contributed by atoms with E-state index in [4.69, 9.17) is 23.2 Å². The summed E-state index contributed by atoms with van der Waals surface area (Å²) in [6.45, 7) is 7.34. The fraction of sp³-hybridized carbons (Fsp3) is 0.467. The third-order valence-electron chi connectivity index (χ3n) is 2.50. The Balaban J connectivity index is 2.52. The van der Waals surface area contributed by atoms with Gasteiger partial charge in [-0.1, -0.05) is 23.2 Å². The lowest BCUT2D eigenvalue weighted by atomic mass is 10.1. The summed E-state index contributed by atoms with van der Waals surface area (Å²) < 4.78 is 0. The largest absolute Gasteiger partial charge is 0.350 e. The Hall–Kier alpha value is -0.910. The van der Waals surface area contributed by atoms with Crippen molar-refractivity contribution < 1.29 is 9.59 Å². The van der Waals surface area contributed by atoms with Crippen molar-refractivity contribution in [3.05, 3.63) is 28.2 Å². The van der Waals surface area contributed by atoms with Gasteiger partial charge in [-0.2, -0.15) is 0 Å². The molecule has 2 amide bonds. The van der Waals surface area contributed by atoms with Crippen LogP contribution >= 0.6 is 35.0 Å². The highest BCUT2D eigenvalue weighted by Crippen LogP contribution is 2.32. The molecule has 1 aromatic rings. The first-order valence-electron chi connectivity index (χ1n) is 6.79. The molecule has 22 heavy (non-hydrogen) atoms. The Bertz CT molecular complexity index is 559. The first-order valence-corrected chi connectivity index (χ1v) is 8.42. The molecule has 0 saturated heterocycles. The molecular weight excluding hydrogens is 343 g/mol. The van der Waals surface area contributed by atoms with Crippen LogP contribution in [-0.2, 0) is 9.59 Å². The molecule has 1 rings (SSSR count). The monoisotopic (exact) mass is 362 g/mol. The van der Waals surface area contributed by atoms with Crippen LogP contribution < -0.4 is 10.6 Å². The first-order chi connectivity index (χ1) is 10.1. The molecule has 4 nitrogen and oxygen atoms in total. The molecule has 1 aromatic carbocycles. The molecule has 0 radical (unpaired) electrons. The Morgan fingerprint density at radius 2 is 1.91 bits per heavy atom. The fourth-order valence-electron chi connectivity index (χ4n) is 1.59. The second kappa shape index (κ2) is 8.09. The molecule has 0 fully saturated rings. The van der Waals surface area contributed by atoms with Crippen molar-refractivity contribution in [3.8, 4) is 0 Å². The van der Waals surface area contributed by atoms with Crippen molar-refractivity contribution in [3.63, 3.8) is 0 Å². The van der Waals surface area contributed by atoms with Gasteiger partial charge >= 0.3 is 0 Å². The molecule has 0 aliphatic heterocycles. The van der Waals surface area contributed by atoms with Crippen molar-refractivity contribution in [1.82, 2.24) is 10.6 Å². The summed E-state index contributed by atoms with van der Waals surface area (Å²) in [4.78, 5) is 24.4. The van der Waals surface area contributed by atoms with E-state index in [9.17, 15) is 9.59 Å². The summed E-state index contributed by atoms with van der Waals surface area (Å²) in [5, 5.41) is 6.10. The Morgan fingerprint density at radius 1 is 1.27 bits per heavy atom. The van der Waals surface area contributed by atoms with Gasteiger partial charge in [0.2, 0.25) is 11.8 Å². The molecular formula is C15H20Cl2N2O2S. The van der Waals surface area contributed by atoms with Crippen LogP contribution in [0.4, 0.5) is 0 Å². The third kappa shape index (κ3) is 6.90. The van der Waals surface area contributed by atoms with Crippen molar-refractivity contribution in [1.29, 1.82) is 0 Å². The molecule has 0 heterocycles. The van der Waals surface area contributed by atoms with Gasteiger partial charge in [-0.15, -0.1) is 11.8 Å². The standard InChI is InChI=1S/C15H20Cl2N2O2S/c1-9(22-12-7-10(16)5-6-11(12)17)14(21)18-8-13(20)19-15(2,3)4/h5-7,9H,8H2,1-4H3,(H,18,21)(H,19,20). The summed E-state index contributed by atoms with van der Waals surface area (Å²) >= 11 is 13.3. The van der Waals surface area contributed by atoms with E-state index >= 15 is 0 Å². The zero-order valence-corrected chi connectivity index (χ0v) is 15.3. The number of carbonyl (C=O) groups is 2. The van der Waals surface area contributed by atoms with Crippen molar-refractivity contribution in [2.24, 2.45) is 0 Å². The Morgan fingerprint density at radius 3 is 2.50 bits per heavy atom. The fourth-order valence-corrected chi connectivity index (χ4v) is 3.02. The summed E-state index contributed by atoms with van der Waals surface area (Å²) in [6, 6.07) is 5.09. The average molecular weight is 363 g/mol. The summed E-state index contributed by atoms with van der Waals surface area (Å²) in [7, 11) is 0. The van der Waals surface area contributed by atoms with Gasteiger partial charge < -0.3 is 10.6 Å². The Labute approximate surface area is 145 Å². The molecule has 0 spiro atoms. The highest BCUT2D eigenvalue weighted by Gasteiger charge is 2.18. The van der Waals surface area contributed by atoms with Crippen LogP contribution in [0.25, 0.3) is 0 Å². The predicted molar refractivity (Wildman–Crippen MR) is 92.7 cm³/mol. The first kappa shape index (κ1) is 19.1. The zero-order chi connectivity index (χ0) is 16.9. The zero-order valence-electron chi connectivity index (χ0n) is 13.0. The van der Waals surface area contributed by atoms with Crippen molar-refractivity contribution in [2.45, 2.75) is 43.4 Å². The maximum atomic E-state index is 12.0. The molecule has 0 saturated carbocycles. The minimum absolute atomic E-state index is 0.0513. The smallest absolute Gasteiger partial charge is 0.239 e. The molecule has 0 bridgehead atoms. The van der Waals surface area contributed by atoms with E-state index in [0.717, 1.165) is 4.90 Å². The van der Waals surface area contributed by atoms with Gasteiger partial charge in [0.05, 0.1) is 16.8 Å². The molecule has 1 atom stereocenters. The molecule has 122 valence electrons. The maximum Gasteiger partial charge on any atom is 0.239 e. The number of nitrogens with one attached hydrogen (secondary N) is 2. The molecule has 0 aromatic heterocycles. The van der Waals surface area contributed by atoms with Gasteiger partial charge in [0.25, 0.3) is 0 Å². The molecule has 7 heteroatoms. The SMILES string of the molecule is CC(Sc1cc(Cl)ccc1Cl)C(=O)NCC(=O)NC(C)(C)C. The molecule has 1 unspecified atom stereocenters. The number of halogens is 2. The van der Waals surface area contributed by atoms with Crippen LogP contribution in [-0.4, -0.2) is 29.1 Å². The van der Waals surface area contributed by atoms with E-state index < -0.39 is 5.25 Å². The van der Waals surface area contributed by atoms with E-state index in [1.54, 1.807) is 25.1 Å². The highest BCUT2D eigenvalue weighted by molar-refractivity contribution is 8.00. The molecule has 2 N–H and O–H groups in total. The van der Waals surface area contributed by atoms with Crippen LogP contribution in [0.5, 0.6) is 0 Å². The van der Waals surface area contributed by atoms with E-state index in [1.807, 2.05) is 20.8 Å². The minimum Gasteiger partial charge on any atom is -0.350 e. The lowest BCUT2D eigenvalue weighted by molar-refractivity contribution is -0.126. The van der Waals surface area contributed by atoms with Gasteiger partial charge in [0, 0.05) is 15.5 Å². The Kier molecular flexibility index (Phi) is 7.03. The maximum absolute atomic E-state index is 12.0. The van der Waals surface area contributed by atoms with Crippen LogP contribution in [0, 0.1) is 0 Å². The van der Waals surface area contributed by atoms with Gasteiger partial charge in [0.1, 0.15) is 0 Å². The van der Waals surface area contributed by atoms with Crippen LogP contribution in [0.15, 0.2) is 23.1 Å². The van der Waals surface area contributed by atoms with E-state index in [0.29, 0.717) is 10.0 Å². The third-order valence-corrected chi connectivity index (χ3v) is 4.34. The number of amides is 2. The van der Waals surface area contributed by atoms with E-state index in [-0.39, 0.29) is 23.9 Å². The molecule has 0 aliphatic rings. The van der Waals surface area contributed by atoms with Gasteiger partial charge in [0.15, 0.2) is 0 Å². The van der Waals surface area contributed by atoms with Crippen molar-refractivity contribution in [2.75, 3.05) is 6.54 Å². The predicted octanol–water partition coefficient (Wildman–Crippen LogP) is 3.50. The summed E-state index contributed by atoms with van der Waals surface area (Å²) in [5.41, 5.74) is -0.323. The second-order valence-corrected chi connectivity index (χ2v) is 8.08. The van der Waals surface area contributed by atoms with Gasteiger partial charge in [-0.05, 0) is 45.9 Å². The number of carbonyl (C=O) groups excluding carboxylic acids is 2. The number of hydrogen-bond donors (Lipinski definition) is 2. The van der Waals surface area contributed by atoms with E-state index in [2.05, 4.69) is 10.6 Å². The van der Waals surface area contributed by atoms with E-state index in [1.165, 1.54) is 11.8 Å². The average Bonchev–Trinajstić information content (AvgIpc) is 2.38. The normalized spacial score (nSPS) is 12.6. The van der Waals surface area contributed by atoms with Crippen LogP contribution in [0.1, 0.15) is 27.7 Å². The molecule has 0 aliphatic carbocycles. The minimum atomic E-state index is -0.390. The number of thioether (sulfide) groups is 1. The quantitative estimate of drug-likeness (QED) is 0.788. The summed E-state index contributed by atoms with van der Waals surface area (Å²) in [5.74, 6) is -0.455. The number of benzene rings is 1. The second-order valence-electron chi connectivity index (χ2n) is 5.85. The summed E-state index contributed by atoms with van der Waals surface area (Å²) in [6.07, 6.45) is 0. The lowest BCUT2D eigenvalue weighted by Crippen LogP contribution is -2.46. The topological polar surface area (TPSA) is 58.2 Å². The van der Waals surface area contributed by atoms with Gasteiger partial charge in [-0.25, -0.2) is 0 Å². The van der Waals surface area contributed by atoms with Crippen molar-refractivity contribution >= 4 is 46.8 Å². The number of rotatable bonds is 5.